The lowest BCUT2D eigenvalue weighted by Crippen LogP contribution is -2.48. The number of nitrogens with zero attached hydrogens (tertiary/aromatic N) is 4. The third-order valence-corrected chi connectivity index (χ3v) is 6.38. The Balaban J connectivity index is 0.000000323. The molecule has 0 unspecified atom stereocenters. The molecule has 1 fully saturated rings. The van der Waals surface area contributed by atoms with Gasteiger partial charge in [0.15, 0.2) is 10.8 Å². The smallest absolute Gasteiger partial charge is 0.337 e. The van der Waals surface area contributed by atoms with Gasteiger partial charge in [-0.2, -0.15) is 0 Å². The molecule has 1 aromatic carbocycles. The standard InChI is InChI=1S/C14H19N5O2S2.C6H4BrF.C2H6/c1-3-21-14(20)10-8-17-12(13-16-4-7-22-13)19-6-5-18(23-15-2)9-11(10)19;7-5-2-1-3-6(8)4-5;1-2/h4,7,15H,3,5-6,8-9H2,1-2H3;1-4H;1-2H3. The van der Waals surface area contributed by atoms with Crippen molar-refractivity contribution in [1.29, 1.82) is 0 Å². The predicted molar refractivity (Wildman–Crippen MR) is 138 cm³/mol. The normalized spacial score (nSPS) is 15.5. The third-order valence-electron chi connectivity index (χ3n) is 4.37. The van der Waals surface area contributed by atoms with Crippen molar-refractivity contribution in [3.63, 3.8) is 0 Å². The van der Waals surface area contributed by atoms with E-state index < -0.39 is 0 Å². The first-order chi connectivity index (χ1) is 16.0. The number of benzene rings is 1. The Morgan fingerprint density at radius 1 is 1.36 bits per heavy atom. The molecule has 2 aliphatic heterocycles. The Morgan fingerprint density at radius 3 is 2.73 bits per heavy atom. The van der Waals surface area contributed by atoms with E-state index >= 15 is 0 Å². The summed E-state index contributed by atoms with van der Waals surface area (Å²) in [6.07, 6.45) is 1.78. The number of aliphatic imine (C=N–C) groups is 1. The monoisotopic (exact) mass is 557 g/mol. The summed E-state index contributed by atoms with van der Waals surface area (Å²) in [5, 5.41) is 2.83. The molecule has 180 valence electrons. The number of halogens is 2. The molecule has 2 aromatic rings. The maximum Gasteiger partial charge on any atom is 0.337 e. The zero-order valence-corrected chi connectivity index (χ0v) is 22.4. The summed E-state index contributed by atoms with van der Waals surface area (Å²) >= 11 is 6.24. The summed E-state index contributed by atoms with van der Waals surface area (Å²) in [5.74, 6) is 0.377. The zero-order valence-electron chi connectivity index (χ0n) is 19.2. The minimum Gasteiger partial charge on any atom is -0.463 e. The second kappa shape index (κ2) is 14.5. The van der Waals surface area contributed by atoms with Gasteiger partial charge in [0.05, 0.1) is 25.3 Å². The molecule has 0 aliphatic carbocycles. The highest BCUT2D eigenvalue weighted by molar-refractivity contribution is 9.10. The van der Waals surface area contributed by atoms with Crippen molar-refractivity contribution < 1.29 is 13.9 Å². The summed E-state index contributed by atoms with van der Waals surface area (Å²) in [4.78, 5) is 23.4. The summed E-state index contributed by atoms with van der Waals surface area (Å²) in [6.45, 7) is 8.84. The first-order valence-electron chi connectivity index (χ1n) is 10.6. The van der Waals surface area contributed by atoms with Crippen LogP contribution in [-0.2, 0) is 9.53 Å². The van der Waals surface area contributed by atoms with Gasteiger partial charge in [-0.05, 0) is 32.2 Å². The molecule has 0 saturated carbocycles. The molecule has 2 aliphatic rings. The number of hydrogen-bond donors (Lipinski definition) is 1. The zero-order chi connectivity index (χ0) is 24.2. The second-order valence-corrected chi connectivity index (χ2v) is 9.29. The molecule has 1 N–H and O–H groups in total. The highest BCUT2D eigenvalue weighted by Gasteiger charge is 2.34. The van der Waals surface area contributed by atoms with E-state index in [-0.39, 0.29) is 11.8 Å². The van der Waals surface area contributed by atoms with Crippen LogP contribution in [0.5, 0.6) is 0 Å². The summed E-state index contributed by atoms with van der Waals surface area (Å²) in [7, 11) is 1.89. The van der Waals surface area contributed by atoms with Gasteiger partial charge in [0.25, 0.3) is 0 Å². The van der Waals surface area contributed by atoms with Gasteiger partial charge in [-0.15, -0.1) is 11.3 Å². The number of fused-ring (bicyclic) bond motifs is 1. The van der Waals surface area contributed by atoms with Gasteiger partial charge >= 0.3 is 5.97 Å². The van der Waals surface area contributed by atoms with Crippen molar-refractivity contribution in [2.75, 3.05) is 39.8 Å². The quantitative estimate of drug-likeness (QED) is 0.420. The van der Waals surface area contributed by atoms with Crippen LogP contribution in [0.15, 0.2) is 56.6 Å². The van der Waals surface area contributed by atoms with Crippen LogP contribution in [0.2, 0.25) is 0 Å². The number of rotatable bonds is 5. The van der Waals surface area contributed by atoms with Gasteiger partial charge in [0, 0.05) is 47.0 Å². The van der Waals surface area contributed by atoms with Crippen LogP contribution >= 0.6 is 39.4 Å². The Kier molecular flexibility index (Phi) is 12.0. The van der Waals surface area contributed by atoms with E-state index in [4.69, 9.17) is 4.74 Å². The number of carbonyl (C=O) groups excluding carboxylic acids is 1. The van der Waals surface area contributed by atoms with Crippen LogP contribution in [0.1, 0.15) is 25.8 Å². The number of nitrogens with one attached hydrogen (secondary N) is 1. The molecular formula is C22H29BrFN5O2S2. The molecule has 0 bridgehead atoms. The fraction of sp³-hybridized carbons (Fsp3) is 0.409. The second-order valence-electron chi connectivity index (χ2n) is 6.37. The minimum atomic E-state index is -0.272. The fourth-order valence-electron chi connectivity index (χ4n) is 3.09. The van der Waals surface area contributed by atoms with Crippen LogP contribution in [-0.4, -0.2) is 65.8 Å². The number of thiazole rings is 1. The van der Waals surface area contributed by atoms with Crippen molar-refractivity contribution >= 4 is 51.2 Å². The maximum atomic E-state index is 12.3. The van der Waals surface area contributed by atoms with Crippen molar-refractivity contribution in [2.24, 2.45) is 4.99 Å². The lowest BCUT2D eigenvalue weighted by atomic mass is 10.1. The Labute approximate surface area is 211 Å². The van der Waals surface area contributed by atoms with Crippen LogP contribution in [0.4, 0.5) is 4.39 Å². The minimum absolute atomic E-state index is 0.209. The lowest BCUT2D eigenvalue weighted by Gasteiger charge is -2.39. The molecule has 0 amide bonds. The van der Waals surface area contributed by atoms with Crippen LogP contribution in [0, 0.1) is 5.82 Å². The molecular weight excluding hydrogens is 529 g/mol. The molecule has 0 spiro atoms. The summed E-state index contributed by atoms with van der Waals surface area (Å²) in [6, 6.07) is 6.26. The highest BCUT2D eigenvalue weighted by atomic mass is 79.9. The van der Waals surface area contributed by atoms with Gasteiger partial charge in [0.1, 0.15) is 5.82 Å². The molecule has 1 aromatic heterocycles. The van der Waals surface area contributed by atoms with Crippen LogP contribution < -0.4 is 4.72 Å². The Morgan fingerprint density at radius 2 is 2.15 bits per heavy atom. The van der Waals surface area contributed by atoms with E-state index in [1.807, 2.05) is 33.2 Å². The first kappa shape index (κ1) is 27.5. The van der Waals surface area contributed by atoms with Crippen molar-refractivity contribution in [1.82, 2.24) is 18.9 Å². The van der Waals surface area contributed by atoms with Gasteiger partial charge in [-0.3, -0.25) is 9.71 Å². The van der Waals surface area contributed by atoms with E-state index in [2.05, 4.69) is 39.8 Å². The molecule has 0 radical (unpaired) electrons. The number of aromatic nitrogens is 1. The number of amidine groups is 1. The molecule has 0 atom stereocenters. The summed E-state index contributed by atoms with van der Waals surface area (Å²) < 4.78 is 23.4. The largest absolute Gasteiger partial charge is 0.463 e. The number of piperazine rings is 1. The molecule has 4 rings (SSSR count). The van der Waals surface area contributed by atoms with E-state index in [1.54, 1.807) is 41.8 Å². The third kappa shape index (κ3) is 7.89. The molecule has 7 nitrogen and oxygen atoms in total. The predicted octanol–water partition coefficient (Wildman–Crippen LogP) is 4.74. The highest BCUT2D eigenvalue weighted by Crippen LogP contribution is 2.28. The first-order valence-corrected chi connectivity index (χ1v) is 13.1. The summed E-state index contributed by atoms with van der Waals surface area (Å²) in [5.41, 5.74) is 1.62. The number of hydrogen-bond acceptors (Lipinski definition) is 9. The van der Waals surface area contributed by atoms with E-state index in [0.717, 1.165) is 34.1 Å². The average Bonchev–Trinajstić information content (AvgIpc) is 3.35. The van der Waals surface area contributed by atoms with E-state index in [9.17, 15) is 9.18 Å². The number of carbonyl (C=O) groups is 1. The van der Waals surface area contributed by atoms with Gasteiger partial charge in [0.2, 0.25) is 0 Å². The SMILES string of the molecule is CC.CCOC(=O)C1=C2CN(SNC)CCN2C(c2nccs2)=NC1.Fc1cccc(Br)c1. The van der Waals surface area contributed by atoms with Gasteiger partial charge in [-0.1, -0.05) is 35.8 Å². The number of ether oxygens (including phenoxy) is 1. The van der Waals surface area contributed by atoms with Crippen molar-refractivity contribution in [2.45, 2.75) is 20.8 Å². The van der Waals surface area contributed by atoms with Gasteiger partial charge in [-0.25, -0.2) is 18.5 Å². The number of esters is 1. The van der Waals surface area contributed by atoms with Crippen molar-refractivity contribution in [3.05, 3.63) is 62.4 Å². The molecule has 11 heteroatoms. The average molecular weight is 559 g/mol. The molecule has 1 saturated heterocycles. The topological polar surface area (TPSA) is 70.1 Å². The molecule has 3 heterocycles. The van der Waals surface area contributed by atoms with E-state index in [1.165, 1.54) is 12.1 Å². The Bertz CT molecular complexity index is 939. The maximum absolute atomic E-state index is 12.3. The fourth-order valence-corrected chi connectivity index (χ4v) is 4.73. The van der Waals surface area contributed by atoms with Crippen molar-refractivity contribution in [3.8, 4) is 0 Å². The molecule has 33 heavy (non-hydrogen) atoms. The van der Waals surface area contributed by atoms with E-state index in [0.29, 0.717) is 25.3 Å². The van der Waals surface area contributed by atoms with Crippen LogP contribution in [0.25, 0.3) is 0 Å². The van der Waals surface area contributed by atoms with Crippen LogP contribution in [0.3, 0.4) is 0 Å². The van der Waals surface area contributed by atoms with Gasteiger partial charge < -0.3 is 9.64 Å². The lowest BCUT2D eigenvalue weighted by molar-refractivity contribution is -0.138. The Hall–Kier alpha value is -1.79.